The van der Waals surface area contributed by atoms with E-state index in [0.717, 1.165) is 39.5 Å². The molecular formula is C20H21NO3. The van der Waals surface area contributed by atoms with Crippen molar-refractivity contribution < 1.29 is 14.0 Å². The highest BCUT2D eigenvalue weighted by Gasteiger charge is 2.15. The van der Waals surface area contributed by atoms with E-state index in [-0.39, 0.29) is 6.10 Å². The molecule has 4 heteroatoms. The van der Waals surface area contributed by atoms with Crippen LogP contribution in [0.5, 0.6) is 11.5 Å². The van der Waals surface area contributed by atoms with Crippen LogP contribution in [0.4, 0.5) is 0 Å². The molecule has 0 atom stereocenters. The third kappa shape index (κ3) is 3.27. The highest BCUT2D eigenvalue weighted by atomic mass is 16.5. The summed E-state index contributed by atoms with van der Waals surface area (Å²) in [6, 6.07) is 13.9. The van der Waals surface area contributed by atoms with Crippen LogP contribution < -0.4 is 9.47 Å². The van der Waals surface area contributed by atoms with Gasteiger partial charge in [0, 0.05) is 11.1 Å². The zero-order valence-corrected chi connectivity index (χ0v) is 14.4. The molecule has 0 radical (unpaired) electrons. The molecule has 2 aromatic carbocycles. The van der Waals surface area contributed by atoms with E-state index in [9.17, 15) is 0 Å². The molecule has 3 rings (SSSR count). The van der Waals surface area contributed by atoms with Gasteiger partial charge in [-0.1, -0.05) is 17.3 Å². The van der Waals surface area contributed by atoms with Gasteiger partial charge in [0.2, 0.25) is 0 Å². The molecule has 1 heterocycles. The van der Waals surface area contributed by atoms with Crippen molar-refractivity contribution in [2.24, 2.45) is 0 Å². The van der Waals surface area contributed by atoms with Gasteiger partial charge in [0.25, 0.3) is 0 Å². The molecule has 0 unspecified atom stereocenters. The van der Waals surface area contributed by atoms with E-state index in [4.69, 9.17) is 14.0 Å². The Balaban J connectivity index is 1.97. The van der Waals surface area contributed by atoms with Gasteiger partial charge in [-0.05, 0) is 62.2 Å². The average Bonchev–Trinajstić information content (AvgIpc) is 3.04. The number of rotatable bonds is 5. The molecule has 0 fully saturated rings. The Morgan fingerprint density at radius 3 is 2.29 bits per heavy atom. The smallest absolute Gasteiger partial charge is 0.174 e. The van der Waals surface area contributed by atoms with Gasteiger partial charge in [0.15, 0.2) is 5.76 Å². The van der Waals surface area contributed by atoms with Crippen LogP contribution in [-0.4, -0.2) is 18.4 Å². The Kier molecular flexibility index (Phi) is 4.56. The number of methoxy groups -OCH3 is 1. The van der Waals surface area contributed by atoms with E-state index in [1.807, 2.05) is 63.2 Å². The third-order valence-electron chi connectivity index (χ3n) is 3.79. The van der Waals surface area contributed by atoms with Crippen LogP contribution in [0.25, 0.3) is 22.5 Å². The Labute approximate surface area is 142 Å². The molecule has 0 aliphatic rings. The maximum atomic E-state index is 5.75. The summed E-state index contributed by atoms with van der Waals surface area (Å²) in [5.74, 6) is 2.44. The molecule has 0 amide bonds. The predicted molar refractivity (Wildman–Crippen MR) is 94.4 cm³/mol. The molecule has 124 valence electrons. The normalized spacial score (nSPS) is 10.9. The second-order valence-electron chi connectivity index (χ2n) is 5.94. The lowest BCUT2D eigenvalue weighted by molar-refractivity contribution is 0.242. The maximum Gasteiger partial charge on any atom is 0.174 e. The lowest BCUT2D eigenvalue weighted by atomic mass is 9.99. The summed E-state index contributed by atoms with van der Waals surface area (Å²) in [5, 5.41) is 3.99. The highest BCUT2D eigenvalue weighted by Crippen LogP contribution is 2.35. The van der Waals surface area contributed by atoms with Crippen LogP contribution in [0.3, 0.4) is 0 Å². The van der Waals surface area contributed by atoms with Gasteiger partial charge >= 0.3 is 0 Å². The van der Waals surface area contributed by atoms with Crippen LogP contribution in [0, 0.1) is 6.92 Å². The summed E-state index contributed by atoms with van der Waals surface area (Å²) < 4.78 is 16.5. The summed E-state index contributed by atoms with van der Waals surface area (Å²) >= 11 is 0. The van der Waals surface area contributed by atoms with Crippen molar-refractivity contribution in [3.63, 3.8) is 0 Å². The lowest BCUT2D eigenvalue weighted by Crippen LogP contribution is -2.05. The average molecular weight is 323 g/mol. The van der Waals surface area contributed by atoms with E-state index in [2.05, 4.69) is 5.16 Å². The van der Waals surface area contributed by atoms with Crippen LogP contribution >= 0.6 is 0 Å². The summed E-state index contributed by atoms with van der Waals surface area (Å²) in [7, 11) is 1.66. The first kappa shape index (κ1) is 16.1. The largest absolute Gasteiger partial charge is 0.497 e. The van der Waals surface area contributed by atoms with Crippen LogP contribution in [0.15, 0.2) is 53.2 Å². The van der Waals surface area contributed by atoms with Gasteiger partial charge in [0.1, 0.15) is 11.5 Å². The van der Waals surface area contributed by atoms with Crippen molar-refractivity contribution in [3.8, 4) is 33.9 Å². The van der Waals surface area contributed by atoms with E-state index >= 15 is 0 Å². The number of aryl methyl sites for hydroxylation is 1. The van der Waals surface area contributed by atoms with Crippen molar-refractivity contribution >= 4 is 0 Å². The van der Waals surface area contributed by atoms with Gasteiger partial charge in [0.05, 0.1) is 19.4 Å². The fourth-order valence-corrected chi connectivity index (χ4v) is 2.65. The number of ether oxygens (including phenoxy) is 2. The third-order valence-corrected chi connectivity index (χ3v) is 3.79. The Morgan fingerprint density at radius 2 is 1.67 bits per heavy atom. The summed E-state index contributed by atoms with van der Waals surface area (Å²) in [6.07, 6.45) is 1.89. The number of hydrogen-bond acceptors (Lipinski definition) is 4. The lowest BCUT2D eigenvalue weighted by Gasteiger charge is -2.12. The number of benzene rings is 2. The minimum atomic E-state index is 0.149. The van der Waals surface area contributed by atoms with Gasteiger partial charge in [-0.15, -0.1) is 0 Å². The van der Waals surface area contributed by atoms with Crippen LogP contribution in [0.2, 0.25) is 0 Å². The SMILES string of the molecule is COc1ccc(-c2cnoc2-c2ccc(OC(C)C)cc2C)cc1. The number of aromatic nitrogens is 1. The van der Waals surface area contributed by atoms with Crippen molar-refractivity contribution in [2.75, 3.05) is 7.11 Å². The Hall–Kier alpha value is -2.75. The Morgan fingerprint density at radius 1 is 0.958 bits per heavy atom. The summed E-state index contributed by atoms with van der Waals surface area (Å²) in [4.78, 5) is 0. The standard InChI is InChI=1S/C20H21NO3/c1-13(2)23-17-9-10-18(14(3)11-17)20-19(12-21-24-20)15-5-7-16(22-4)8-6-15/h5-13H,1-4H3. The molecule has 1 aromatic heterocycles. The van der Waals surface area contributed by atoms with Gasteiger partial charge in [-0.3, -0.25) is 0 Å². The second kappa shape index (κ2) is 6.79. The zero-order chi connectivity index (χ0) is 17.1. The molecule has 0 saturated heterocycles. The molecule has 3 aromatic rings. The first-order chi connectivity index (χ1) is 11.6. The molecule has 0 bridgehead atoms. The van der Waals surface area contributed by atoms with E-state index in [1.54, 1.807) is 13.3 Å². The molecule has 4 nitrogen and oxygen atoms in total. The molecule has 0 aliphatic heterocycles. The predicted octanol–water partition coefficient (Wildman–Crippen LogP) is 5.11. The van der Waals surface area contributed by atoms with Crippen molar-refractivity contribution in [1.82, 2.24) is 5.16 Å². The topological polar surface area (TPSA) is 44.5 Å². The van der Waals surface area contributed by atoms with Crippen LogP contribution in [0.1, 0.15) is 19.4 Å². The first-order valence-corrected chi connectivity index (χ1v) is 7.95. The zero-order valence-electron chi connectivity index (χ0n) is 14.4. The molecular weight excluding hydrogens is 302 g/mol. The van der Waals surface area contributed by atoms with E-state index in [1.165, 1.54) is 0 Å². The van der Waals surface area contributed by atoms with Gasteiger partial charge in [-0.2, -0.15) is 0 Å². The maximum absolute atomic E-state index is 5.75. The molecule has 0 saturated carbocycles. The van der Waals surface area contributed by atoms with E-state index in [0.29, 0.717) is 0 Å². The Bertz CT molecular complexity index is 819. The van der Waals surface area contributed by atoms with Crippen molar-refractivity contribution in [3.05, 3.63) is 54.2 Å². The summed E-state index contributed by atoms with van der Waals surface area (Å²) in [5.41, 5.74) is 4.08. The summed E-state index contributed by atoms with van der Waals surface area (Å²) in [6.45, 7) is 6.08. The fraction of sp³-hybridized carbons (Fsp3) is 0.250. The number of hydrogen-bond donors (Lipinski definition) is 0. The van der Waals surface area contributed by atoms with Gasteiger partial charge < -0.3 is 14.0 Å². The second-order valence-corrected chi connectivity index (χ2v) is 5.94. The number of nitrogens with zero attached hydrogens (tertiary/aromatic N) is 1. The van der Waals surface area contributed by atoms with Crippen molar-refractivity contribution in [2.45, 2.75) is 26.9 Å². The van der Waals surface area contributed by atoms with Crippen molar-refractivity contribution in [1.29, 1.82) is 0 Å². The monoisotopic (exact) mass is 323 g/mol. The molecule has 0 N–H and O–H groups in total. The van der Waals surface area contributed by atoms with Crippen LogP contribution in [-0.2, 0) is 0 Å². The minimum Gasteiger partial charge on any atom is -0.497 e. The first-order valence-electron chi connectivity index (χ1n) is 7.95. The fourth-order valence-electron chi connectivity index (χ4n) is 2.65. The minimum absolute atomic E-state index is 0.149. The molecule has 0 aliphatic carbocycles. The molecule has 24 heavy (non-hydrogen) atoms. The quantitative estimate of drug-likeness (QED) is 0.654. The highest BCUT2D eigenvalue weighted by molar-refractivity contribution is 5.80. The van der Waals surface area contributed by atoms with E-state index < -0.39 is 0 Å². The van der Waals surface area contributed by atoms with Gasteiger partial charge in [-0.25, -0.2) is 0 Å². The molecule has 0 spiro atoms.